The van der Waals surface area contributed by atoms with Gasteiger partial charge in [0.2, 0.25) is 12.0 Å². The fraction of sp³-hybridized carbons (Fsp3) is 0.318. The van der Waals surface area contributed by atoms with Crippen LogP contribution in [0.25, 0.3) is 11.0 Å². The number of aliphatic hydroxyl groups is 4. The molecule has 3 aromatic rings. The lowest BCUT2D eigenvalue weighted by atomic mass is 9.99. The lowest BCUT2D eigenvalue weighted by Crippen LogP contribution is -2.60. The van der Waals surface area contributed by atoms with Crippen molar-refractivity contribution in [1.82, 2.24) is 0 Å². The van der Waals surface area contributed by atoms with Gasteiger partial charge in [0.15, 0.2) is 5.75 Å². The number of ether oxygens (including phenoxy) is 3. The monoisotopic (exact) mass is 446 g/mol. The van der Waals surface area contributed by atoms with Gasteiger partial charge in [0.1, 0.15) is 42.4 Å². The molecule has 32 heavy (non-hydrogen) atoms. The molecule has 0 radical (unpaired) electrons. The Balaban J connectivity index is 1.62. The quantitative estimate of drug-likeness (QED) is 0.332. The maximum absolute atomic E-state index is 12.1. The van der Waals surface area contributed by atoms with Crippen molar-refractivity contribution in [3.05, 3.63) is 64.5 Å². The van der Waals surface area contributed by atoms with Crippen LogP contribution in [0.3, 0.4) is 0 Å². The van der Waals surface area contributed by atoms with Crippen LogP contribution in [-0.4, -0.2) is 62.8 Å². The van der Waals surface area contributed by atoms with Crippen molar-refractivity contribution in [2.45, 2.75) is 37.3 Å². The number of benzene rings is 2. The van der Waals surface area contributed by atoms with Crippen LogP contribution < -0.4 is 15.1 Å². The number of rotatable bonds is 6. The van der Waals surface area contributed by atoms with Crippen LogP contribution in [0.1, 0.15) is 5.56 Å². The molecule has 1 aliphatic rings. The number of hydrogen-bond donors (Lipinski definition) is 5. The lowest BCUT2D eigenvalue weighted by Gasteiger charge is -2.39. The molecule has 1 saturated heterocycles. The minimum absolute atomic E-state index is 0.0398. The lowest BCUT2D eigenvalue weighted by molar-refractivity contribution is -0.277. The molecule has 0 spiro atoms. The summed E-state index contributed by atoms with van der Waals surface area (Å²) in [4.78, 5) is 12.1. The molecule has 10 nitrogen and oxygen atoms in total. The van der Waals surface area contributed by atoms with E-state index >= 15 is 0 Å². The van der Waals surface area contributed by atoms with Crippen LogP contribution in [0.2, 0.25) is 0 Å². The summed E-state index contributed by atoms with van der Waals surface area (Å²) in [6.07, 6.45) is -7.79. The van der Waals surface area contributed by atoms with E-state index in [1.54, 1.807) is 6.07 Å². The summed E-state index contributed by atoms with van der Waals surface area (Å²) in [5, 5.41) is 49.7. The van der Waals surface area contributed by atoms with Crippen molar-refractivity contribution in [2.24, 2.45) is 0 Å². The second-order valence-corrected chi connectivity index (χ2v) is 7.31. The smallest absolute Gasteiger partial charge is 0.382 e. The largest absolute Gasteiger partial charge is 0.499 e. The van der Waals surface area contributed by atoms with Crippen LogP contribution >= 0.6 is 0 Å². The highest BCUT2D eigenvalue weighted by Crippen LogP contribution is 2.36. The molecule has 1 fully saturated rings. The van der Waals surface area contributed by atoms with E-state index in [0.717, 1.165) is 5.56 Å². The zero-order valence-electron chi connectivity index (χ0n) is 16.7. The third-order valence-corrected chi connectivity index (χ3v) is 5.14. The molecule has 5 atom stereocenters. The van der Waals surface area contributed by atoms with E-state index in [-0.39, 0.29) is 23.3 Å². The second-order valence-electron chi connectivity index (χ2n) is 7.31. The Kier molecular flexibility index (Phi) is 6.31. The van der Waals surface area contributed by atoms with Crippen molar-refractivity contribution in [2.75, 3.05) is 6.61 Å². The van der Waals surface area contributed by atoms with Crippen LogP contribution in [0.5, 0.6) is 17.2 Å². The van der Waals surface area contributed by atoms with E-state index in [0.29, 0.717) is 5.75 Å². The predicted molar refractivity (Wildman–Crippen MR) is 109 cm³/mol. The van der Waals surface area contributed by atoms with Crippen LogP contribution in [0, 0.1) is 0 Å². The molecule has 10 heteroatoms. The fourth-order valence-corrected chi connectivity index (χ4v) is 3.37. The van der Waals surface area contributed by atoms with E-state index < -0.39 is 48.7 Å². The third kappa shape index (κ3) is 4.27. The molecule has 0 saturated carbocycles. The van der Waals surface area contributed by atoms with Crippen LogP contribution in [0.4, 0.5) is 0 Å². The van der Waals surface area contributed by atoms with Gasteiger partial charge in [-0.2, -0.15) is 0 Å². The first kappa shape index (κ1) is 22.1. The Hall–Kier alpha value is -3.15. The summed E-state index contributed by atoms with van der Waals surface area (Å²) in [7, 11) is 0. The van der Waals surface area contributed by atoms with Gasteiger partial charge in [0.05, 0.1) is 12.0 Å². The number of hydrogen-bond acceptors (Lipinski definition) is 10. The van der Waals surface area contributed by atoms with E-state index in [9.17, 15) is 30.3 Å². The molecule has 5 N–H and O–H groups in total. The Morgan fingerprint density at radius 3 is 2.44 bits per heavy atom. The third-order valence-electron chi connectivity index (χ3n) is 5.14. The minimum Gasteiger partial charge on any atom is -0.499 e. The summed E-state index contributed by atoms with van der Waals surface area (Å²) in [6, 6.07) is 13.9. The van der Waals surface area contributed by atoms with Gasteiger partial charge in [-0.3, -0.25) is 0 Å². The van der Waals surface area contributed by atoms with Gasteiger partial charge in [-0.15, -0.1) is 0 Å². The molecule has 0 bridgehead atoms. The minimum atomic E-state index is -1.72. The topological polar surface area (TPSA) is 159 Å². The molecule has 0 amide bonds. The summed E-state index contributed by atoms with van der Waals surface area (Å²) >= 11 is 0. The Bertz CT molecular complexity index is 1130. The normalized spacial score (nSPS) is 25.6. The SMILES string of the molecule is O=c1oc2cc(OCc3ccccc3)ccc2c(O[C@@H]2O[C@H](CO)[C@@H](O)[C@H](O)[C@H]2O)c1O. The Labute approximate surface area is 181 Å². The first-order valence-electron chi connectivity index (χ1n) is 9.82. The molecule has 4 rings (SSSR count). The van der Waals surface area contributed by atoms with Gasteiger partial charge < -0.3 is 44.2 Å². The molecule has 2 aromatic carbocycles. The maximum Gasteiger partial charge on any atom is 0.382 e. The maximum atomic E-state index is 12.1. The average molecular weight is 446 g/mol. The fourth-order valence-electron chi connectivity index (χ4n) is 3.37. The Morgan fingerprint density at radius 2 is 1.72 bits per heavy atom. The molecular weight excluding hydrogens is 424 g/mol. The van der Waals surface area contributed by atoms with E-state index in [1.165, 1.54) is 12.1 Å². The zero-order chi connectivity index (χ0) is 22.8. The average Bonchev–Trinajstić information content (AvgIpc) is 2.81. The number of aliphatic hydroxyl groups excluding tert-OH is 4. The molecule has 0 unspecified atom stereocenters. The summed E-state index contributed by atoms with van der Waals surface area (Å²) in [5.41, 5.74) is -0.123. The van der Waals surface area contributed by atoms with Gasteiger partial charge in [-0.1, -0.05) is 30.3 Å². The highest BCUT2D eigenvalue weighted by atomic mass is 16.7. The van der Waals surface area contributed by atoms with E-state index in [4.69, 9.17) is 18.6 Å². The van der Waals surface area contributed by atoms with Crippen LogP contribution in [0.15, 0.2) is 57.7 Å². The summed E-state index contributed by atoms with van der Waals surface area (Å²) < 4.78 is 21.6. The molecule has 2 heterocycles. The molecule has 0 aliphatic carbocycles. The second kappa shape index (κ2) is 9.15. The van der Waals surface area contributed by atoms with Crippen molar-refractivity contribution >= 4 is 11.0 Å². The van der Waals surface area contributed by atoms with Crippen LogP contribution in [-0.2, 0) is 11.3 Å². The van der Waals surface area contributed by atoms with Gasteiger partial charge in [-0.05, 0) is 17.7 Å². The molecule has 170 valence electrons. The van der Waals surface area contributed by atoms with E-state index in [1.807, 2.05) is 30.3 Å². The Morgan fingerprint density at radius 1 is 0.969 bits per heavy atom. The molecule has 1 aromatic heterocycles. The van der Waals surface area contributed by atoms with Gasteiger partial charge in [-0.25, -0.2) is 4.79 Å². The van der Waals surface area contributed by atoms with Gasteiger partial charge in [0, 0.05) is 6.07 Å². The van der Waals surface area contributed by atoms with E-state index in [2.05, 4.69) is 0 Å². The van der Waals surface area contributed by atoms with Crippen molar-refractivity contribution in [3.8, 4) is 17.2 Å². The standard InChI is InChI=1S/C22H22O10/c23-9-15-16(24)17(25)18(26)22(31-15)32-20-13-7-6-12(8-14(13)30-21(28)19(20)27)29-10-11-4-2-1-3-5-11/h1-8,15-18,22-27H,9-10H2/t15-,16-,17+,18-,22+/m1/s1. The first-order chi connectivity index (χ1) is 15.4. The highest BCUT2D eigenvalue weighted by molar-refractivity contribution is 5.86. The predicted octanol–water partition coefficient (Wildman–Crippen LogP) is 0.256. The summed E-state index contributed by atoms with van der Waals surface area (Å²) in [5.74, 6) is -0.823. The zero-order valence-corrected chi connectivity index (χ0v) is 16.7. The number of fused-ring (bicyclic) bond motifs is 1. The van der Waals surface area contributed by atoms with Crippen molar-refractivity contribution in [1.29, 1.82) is 0 Å². The number of aromatic hydroxyl groups is 1. The summed E-state index contributed by atoms with van der Waals surface area (Å²) in [6.45, 7) is -0.376. The van der Waals surface area contributed by atoms with Gasteiger partial charge >= 0.3 is 5.63 Å². The van der Waals surface area contributed by atoms with Gasteiger partial charge in [0.25, 0.3) is 0 Å². The van der Waals surface area contributed by atoms with Crippen molar-refractivity contribution in [3.63, 3.8) is 0 Å². The first-order valence-corrected chi connectivity index (χ1v) is 9.82. The van der Waals surface area contributed by atoms with Crippen molar-refractivity contribution < 1.29 is 44.2 Å². The highest BCUT2D eigenvalue weighted by Gasteiger charge is 2.45. The molecular formula is C22H22O10. The molecule has 1 aliphatic heterocycles.